The van der Waals surface area contributed by atoms with Gasteiger partial charge < -0.3 is 10.4 Å². The van der Waals surface area contributed by atoms with Crippen LogP contribution in [-0.2, 0) is 0 Å². The predicted molar refractivity (Wildman–Crippen MR) is 64.2 cm³/mol. The molecule has 1 atom stereocenters. The van der Waals surface area contributed by atoms with Crippen molar-refractivity contribution in [2.45, 2.75) is 39.7 Å². The monoisotopic (exact) mass is 207 g/mol. The quantitative estimate of drug-likeness (QED) is 0.727. The van der Waals surface area contributed by atoms with Crippen molar-refractivity contribution in [1.29, 1.82) is 0 Å². The second kappa shape index (κ2) is 5.76. The van der Waals surface area contributed by atoms with Crippen LogP contribution in [0.2, 0.25) is 0 Å². The minimum Gasteiger partial charge on any atom is -0.508 e. The topological polar surface area (TPSA) is 32.3 Å². The first-order chi connectivity index (χ1) is 7.15. The van der Waals surface area contributed by atoms with Crippen LogP contribution in [-0.4, -0.2) is 11.7 Å². The Hall–Kier alpha value is -1.02. The van der Waals surface area contributed by atoms with Gasteiger partial charge in [-0.05, 0) is 32.9 Å². The molecule has 2 heteroatoms. The second-order valence-electron chi connectivity index (χ2n) is 4.09. The van der Waals surface area contributed by atoms with Gasteiger partial charge in [-0.1, -0.05) is 31.0 Å². The van der Waals surface area contributed by atoms with Crippen molar-refractivity contribution < 1.29 is 5.11 Å². The number of nitrogens with one attached hydrogen (secondary N) is 1. The molecule has 0 aliphatic carbocycles. The molecule has 15 heavy (non-hydrogen) atoms. The Balaban J connectivity index is 2.64. The van der Waals surface area contributed by atoms with Crippen LogP contribution >= 0.6 is 0 Å². The van der Waals surface area contributed by atoms with E-state index in [4.69, 9.17) is 0 Å². The van der Waals surface area contributed by atoms with E-state index in [9.17, 15) is 5.11 Å². The van der Waals surface area contributed by atoms with Crippen LogP contribution in [0.5, 0.6) is 5.75 Å². The molecule has 0 fully saturated rings. The normalized spacial score (nSPS) is 12.7. The molecule has 1 unspecified atom stereocenters. The van der Waals surface area contributed by atoms with Crippen molar-refractivity contribution in [2.75, 3.05) is 6.54 Å². The van der Waals surface area contributed by atoms with Crippen molar-refractivity contribution in [1.82, 2.24) is 5.32 Å². The van der Waals surface area contributed by atoms with Gasteiger partial charge in [0.25, 0.3) is 0 Å². The second-order valence-corrected chi connectivity index (χ2v) is 4.09. The molecular weight excluding hydrogens is 186 g/mol. The molecule has 0 aliphatic heterocycles. The Bertz CT molecular complexity index is 309. The number of hydrogen-bond acceptors (Lipinski definition) is 2. The fourth-order valence-electron chi connectivity index (χ4n) is 1.63. The van der Waals surface area contributed by atoms with Crippen LogP contribution in [0.15, 0.2) is 18.2 Å². The summed E-state index contributed by atoms with van der Waals surface area (Å²) in [6, 6.07) is 5.95. The van der Waals surface area contributed by atoms with Gasteiger partial charge in [0, 0.05) is 11.6 Å². The smallest absolute Gasteiger partial charge is 0.120 e. The highest BCUT2D eigenvalue weighted by Gasteiger charge is 2.09. The zero-order valence-corrected chi connectivity index (χ0v) is 9.88. The molecule has 0 aliphatic rings. The highest BCUT2D eigenvalue weighted by Crippen LogP contribution is 2.24. The van der Waals surface area contributed by atoms with E-state index in [1.165, 1.54) is 18.4 Å². The molecule has 0 radical (unpaired) electrons. The van der Waals surface area contributed by atoms with Gasteiger partial charge >= 0.3 is 0 Å². The zero-order chi connectivity index (χ0) is 11.3. The number of phenols is 1. The van der Waals surface area contributed by atoms with Crippen LogP contribution in [0, 0.1) is 6.92 Å². The molecule has 84 valence electrons. The largest absolute Gasteiger partial charge is 0.508 e. The lowest BCUT2D eigenvalue weighted by Crippen LogP contribution is -2.19. The highest BCUT2D eigenvalue weighted by atomic mass is 16.3. The fourth-order valence-corrected chi connectivity index (χ4v) is 1.63. The van der Waals surface area contributed by atoms with Crippen molar-refractivity contribution in [3.8, 4) is 5.75 Å². The predicted octanol–water partition coefficient (Wildman–Crippen LogP) is 3.15. The Kier molecular flexibility index (Phi) is 4.63. The molecule has 2 nitrogen and oxygen atoms in total. The number of rotatable bonds is 5. The highest BCUT2D eigenvalue weighted by molar-refractivity contribution is 5.37. The molecule has 0 saturated carbocycles. The first-order valence-corrected chi connectivity index (χ1v) is 5.68. The summed E-state index contributed by atoms with van der Waals surface area (Å²) < 4.78 is 0. The van der Waals surface area contributed by atoms with E-state index in [1.54, 1.807) is 6.07 Å². The maximum absolute atomic E-state index is 9.72. The van der Waals surface area contributed by atoms with Crippen molar-refractivity contribution in [3.05, 3.63) is 29.3 Å². The van der Waals surface area contributed by atoms with Crippen molar-refractivity contribution in [3.63, 3.8) is 0 Å². The molecule has 0 saturated heterocycles. The molecule has 1 rings (SSSR count). The maximum Gasteiger partial charge on any atom is 0.120 e. The minimum absolute atomic E-state index is 0.219. The third kappa shape index (κ3) is 3.56. The third-order valence-electron chi connectivity index (χ3n) is 2.63. The summed E-state index contributed by atoms with van der Waals surface area (Å²) >= 11 is 0. The van der Waals surface area contributed by atoms with Crippen LogP contribution in [0.1, 0.15) is 43.9 Å². The molecule has 0 amide bonds. The molecular formula is C13H21NO. The molecule has 1 aromatic carbocycles. The summed E-state index contributed by atoms with van der Waals surface area (Å²) in [5.74, 6) is 0.386. The van der Waals surface area contributed by atoms with E-state index in [2.05, 4.69) is 19.2 Å². The van der Waals surface area contributed by atoms with E-state index >= 15 is 0 Å². The average Bonchev–Trinajstić information content (AvgIpc) is 2.22. The summed E-state index contributed by atoms with van der Waals surface area (Å²) in [4.78, 5) is 0. The Morgan fingerprint density at radius 2 is 2.13 bits per heavy atom. The molecule has 2 N–H and O–H groups in total. The Labute approximate surface area is 92.3 Å². The van der Waals surface area contributed by atoms with E-state index in [0.717, 1.165) is 12.1 Å². The van der Waals surface area contributed by atoms with Crippen LogP contribution in [0.3, 0.4) is 0 Å². The van der Waals surface area contributed by atoms with Gasteiger partial charge in [-0.25, -0.2) is 0 Å². The molecule has 0 heterocycles. The lowest BCUT2D eigenvalue weighted by atomic mass is 10.0. The van der Waals surface area contributed by atoms with Gasteiger partial charge in [0.1, 0.15) is 5.75 Å². The summed E-state index contributed by atoms with van der Waals surface area (Å²) in [7, 11) is 0. The van der Waals surface area contributed by atoms with E-state index in [1.807, 2.05) is 19.1 Å². The summed E-state index contributed by atoms with van der Waals surface area (Å²) in [5.41, 5.74) is 2.18. The molecule has 0 bridgehead atoms. The fraction of sp³-hybridized carbons (Fsp3) is 0.538. The molecule has 1 aromatic rings. The van der Waals surface area contributed by atoms with E-state index in [-0.39, 0.29) is 6.04 Å². The third-order valence-corrected chi connectivity index (χ3v) is 2.63. The maximum atomic E-state index is 9.72. The first-order valence-electron chi connectivity index (χ1n) is 5.68. The standard InChI is InChI=1S/C13H21NO/c1-4-5-8-14-11(3)12-9-10(2)6-7-13(12)15/h6-7,9,11,14-15H,4-5,8H2,1-3H3. The molecule has 0 aromatic heterocycles. The number of aromatic hydroxyl groups is 1. The van der Waals surface area contributed by atoms with Crippen molar-refractivity contribution >= 4 is 0 Å². The zero-order valence-electron chi connectivity index (χ0n) is 9.88. The lowest BCUT2D eigenvalue weighted by molar-refractivity contribution is 0.451. The number of benzene rings is 1. The van der Waals surface area contributed by atoms with Crippen LogP contribution in [0.4, 0.5) is 0 Å². The number of phenolic OH excluding ortho intramolecular Hbond substituents is 1. The number of unbranched alkanes of at least 4 members (excludes halogenated alkanes) is 1. The van der Waals surface area contributed by atoms with E-state index < -0.39 is 0 Å². The van der Waals surface area contributed by atoms with Gasteiger partial charge in [0.2, 0.25) is 0 Å². The van der Waals surface area contributed by atoms with Crippen LogP contribution < -0.4 is 5.32 Å². The number of aryl methyl sites for hydroxylation is 1. The number of hydrogen-bond donors (Lipinski definition) is 2. The van der Waals surface area contributed by atoms with Gasteiger partial charge in [-0.3, -0.25) is 0 Å². The Morgan fingerprint density at radius 3 is 2.80 bits per heavy atom. The van der Waals surface area contributed by atoms with Crippen molar-refractivity contribution in [2.24, 2.45) is 0 Å². The lowest BCUT2D eigenvalue weighted by Gasteiger charge is -2.15. The first kappa shape index (κ1) is 12.1. The van der Waals surface area contributed by atoms with E-state index in [0.29, 0.717) is 5.75 Å². The SMILES string of the molecule is CCCCNC(C)c1cc(C)ccc1O. The van der Waals surface area contributed by atoms with Gasteiger partial charge in [0.05, 0.1) is 0 Å². The van der Waals surface area contributed by atoms with Gasteiger partial charge in [-0.2, -0.15) is 0 Å². The Morgan fingerprint density at radius 1 is 1.40 bits per heavy atom. The average molecular weight is 207 g/mol. The molecule has 0 spiro atoms. The summed E-state index contributed by atoms with van der Waals surface area (Å²) in [6.07, 6.45) is 2.37. The summed E-state index contributed by atoms with van der Waals surface area (Å²) in [6.45, 7) is 7.31. The summed E-state index contributed by atoms with van der Waals surface area (Å²) in [5, 5.41) is 13.1. The minimum atomic E-state index is 0.219. The van der Waals surface area contributed by atoms with Gasteiger partial charge in [0.15, 0.2) is 0 Å². The van der Waals surface area contributed by atoms with Gasteiger partial charge in [-0.15, -0.1) is 0 Å². The van der Waals surface area contributed by atoms with Crippen LogP contribution in [0.25, 0.3) is 0 Å².